The third kappa shape index (κ3) is 12.9. The van der Waals surface area contributed by atoms with Crippen LogP contribution in [0.15, 0.2) is 24.3 Å². The Labute approximate surface area is 202 Å². The summed E-state index contributed by atoms with van der Waals surface area (Å²) >= 11 is 0. The zero-order valence-electron chi connectivity index (χ0n) is 20.4. The molecule has 2 atom stereocenters. The lowest BCUT2D eigenvalue weighted by atomic mass is 10.2. The molecule has 0 aromatic heterocycles. The minimum Gasteiger partial charge on any atom is -0.484 e. The van der Waals surface area contributed by atoms with E-state index in [4.69, 9.17) is 4.74 Å². The molecule has 2 aromatic rings. The van der Waals surface area contributed by atoms with Gasteiger partial charge in [-0.15, -0.1) is 13.2 Å². The summed E-state index contributed by atoms with van der Waals surface area (Å²) in [6.45, 7) is 11.9. The van der Waals surface area contributed by atoms with Crippen molar-refractivity contribution in [2.75, 3.05) is 0 Å². The van der Waals surface area contributed by atoms with Crippen molar-refractivity contribution in [3.05, 3.63) is 58.7 Å². The van der Waals surface area contributed by atoms with E-state index in [1.165, 1.54) is 23.1 Å². The Balaban J connectivity index is 0. The van der Waals surface area contributed by atoms with Crippen LogP contribution in [-0.2, 0) is 0 Å². The summed E-state index contributed by atoms with van der Waals surface area (Å²) in [5, 5.41) is 0. The zero-order chi connectivity index (χ0) is 28.1. The van der Waals surface area contributed by atoms with Gasteiger partial charge in [0.25, 0.3) is 5.66 Å². The van der Waals surface area contributed by atoms with Gasteiger partial charge in [0.2, 0.25) is 0 Å². The molecule has 0 fully saturated rings. The number of alkyl halides is 5. The second-order valence-electron chi connectivity index (χ2n) is 6.26. The van der Waals surface area contributed by atoms with E-state index in [9.17, 15) is 39.5 Å². The molecule has 0 heterocycles. The molecule has 0 spiro atoms. The van der Waals surface area contributed by atoms with Gasteiger partial charge in [0.15, 0.2) is 6.10 Å². The van der Waals surface area contributed by atoms with Gasteiger partial charge in [-0.3, -0.25) is 0 Å². The van der Waals surface area contributed by atoms with Crippen LogP contribution in [0.2, 0.25) is 0 Å². The molecule has 0 radical (unpaired) electrons. The van der Waals surface area contributed by atoms with E-state index >= 15 is 0 Å². The van der Waals surface area contributed by atoms with Gasteiger partial charge < -0.3 is 9.47 Å². The van der Waals surface area contributed by atoms with Gasteiger partial charge in [-0.2, -0.15) is 8.78 Å². The molecule has 0 saturated heterocycles. The summed E-state index contributed by atoms with van der Waals surface area (Å²) in [5.74, 6) is -4.94. The van der Waals surface area contributed by atoms with Crippen molar-refractivity contribution >= 4 is 9.24 Å². The summed E-state index contributed by atoms with van der Waals surface area (Å²) in [4.78, 5) is 0. The van der Waals surface area contributed by atoms with Crippen LogP contribution in [0, 0.1) is 37.1 Å². The molecule has 202 valence electrons. The molecule has 2 nitrogen and oxygen atoms in total. The van der Waals surface area contributed by atoms with Gasteiger partial charge in [0.1, 0.15) is 34.8 Å². The van der Waals surface area contributed by atoms with E-state index in [2.05, 4.69) is 4.74 Å². The fourth-order valence-corrected chi connectivity index (χ4v) is 2.41. The summed E-state index contributed by atoms with van der Waals surface area (Å²) in [6.07, 6.45) is -6.36. The minimum absolute atomic E-state index is 0.0214. The zero-order valence-corrected chi connectivity index (χ0v) is 21.5. The van der Waals surface area contributed by atoms with Crippen LogP contribution in [0.25, 0.3) is 0 Å². The van der Waals surface area contributed by atoms with Crippen molar-refractivity contribution in [3.8, 4) is 11.5 Å². The molecular formula is C23H30F9O2P. The van der Waals surface area contributed by atoms with E-state index in [1.54, 1.807) is 0 Å². The normalized spacial score (nSPS) is 11.6. The number of halogens is 9. The van der Waals surface area contributed by atoms with Crippen molar-refractivity contribution in [3.63, 3.8) is 0 Å². The summed E-state index contributed by atoms with van der Waals surface area (Å²) in [7, 11) is 1.36. The van der Waals surface area contributed by atoms with Gasteiger partial charge in [0, 0.05) is 35.4 Å². The molecule has 2 rings (SSSR count). The molecule has 0 aliphatic rings. The van der Waals surface area contributed by atoms with Gasteiger partial charge >= 0.3 is 6.36 Å². The highest BCUT2D eigenvalue weighted by Gasteiger charge is 2.35. The molecule has 0 aliphatic heterocycles. The van der Waals surface area contributed by atoms with Crippen LogP contribution >= 0.6 is 9.24 Å². The Bertz CT molecular complexity index is 852. The smallest absolute Gasteiger partial charge is 0.484 e. The van der Waals surface area contributed by atoms with Crippen LogP contribution in [0.3, 0.4) is 0 Å². The molecule has 0 N–H and O–H groups in total. The van der Waals surface area contributed by atoms with Crippen molar-refractivity contribution in [2.45, 2.75) is 73.0 Å². The molecule has 2 unspecified atom stereocenters. The lowest BCUT2D eigenvalue weighted by Crippen LogP contribution is -2.32. The first-order valence-electron chi connectivity index (χ1n) is 10.6. The lowest BCUT2D eigenvalue weighted by molar-refractivity contribution is -0.274. The van der Waals surface area contributed by atoms with Crippen molar-refractivity contribution in [1.82, 2.24) is 0 Å². The molecule has 0 saturated carbocycles. The summed E-state index contributed by atoms with van der Waals surface area (Å²) in [5.41, 5.74) is -3.66. The minimum atomic E-state index is -4.95. The molecule has 35 heavy (non-hydrogen) atoms. The fraction of sp³-hybridized carbons (Fsp3) is 0.478. The van der Waals surface area contributed by atoms with E-state index in [0.717, 1.165) is 19.1 Å². The molecule has 0 aliphatic carbocycles. The van der Waals surface area contributed by atoms with Gasteiger partial charge in [-0.05, 0) is 20.3 Å². The highest BCUT2D eigenvalue weighted by molar-refractivity contribution is 7.18. The number of ether oxygens (including phenoxy) is 2. The van der Waals surface area contributed by atoms with Gasteiger partial charge in [-0.1, -0.05) is 43.9 Å². The van der Waals surface area contributed by atoms with Crippen molar-refractivity contribution in [1.29, 1.82) is 0 Å². The summed E-state index contributed by atoms with van der Waals surface area (Å²) < 4.78 is 121. The predicted octanol–water partition coefficient (Wildman–Crippen LogP) is 9.12. The van der Waals surface area contributed by atoms with E-state index in [-0.39, 0.29) is 23.3 Å². The first-order valence-corrected chi connectivity index (χ1v) is 11.1. The molecule has 0 amide bonds. The third-order valence-electron chi connectivity index (χ3n) is 3.82. The fourth-order valence-electron chi connectivity index (χ4n) is 2.10. The average Bonchev–Trinajstić information content (AvgIpc) is 2.75. The number of hydrogen-bond donors (Lipinski definition) is 0. The molecule has 0 bridgehead atoms. The second kappa shape index (κ2) is 15.8. The Hall–Kier alpha value is -2.16. The third-order valence-corrected chi connectivity index (χ3v) is 4.19. The van der Waals surface area contributed by atoms with Crippen molar-refractivity contribution < 1.29 is 49.0 Å². The number of benzene rings is 2. The van der Waals surface area contributed by atoms with Gasteiger partial charge in [-0.25, -0.2) is 17.6 Å². The quantitative estimate of drug-likeness (QED) is 0.278. The first kappa shape index (κ1) is 35.0. The number of hydrogen-bond acceptors (Lipinski definition) is 2. The largest absolute Gasteiger partial charge is 0.573 e. The Morgan fingerprint density at radius 3 is 1.29 bits per heavy atom. The SMILES string of the molecule is CC.CC.CCC(Oc1cc(F)c(C)c(F)c1)C(F)(F)P.Cc1c(F)cc(OC(F)(F)F)cc1F. The highest BCUT2D eigenvalue weighted by atomic mass is 31.0. The number of rotatable bonds is 5. The predicted molar refractivity (Wildman–Crippen MR) is 121 cm³/mol. The van der Waals surface area contributed by atoms with E-state index in [0.29, 0.717) is 12.1 Å². The molecule has 2 aromatic carbocycles. The van der Waals surface area contributed by atoms with Crippen LogP contribution in [0.5, 0.6) is 11.5 Å². The topological polar surface area (TPSA) is 18.5 Å². The maximum absolute atomic E-state index is 13.2. The highest BCUT2D eigenvalue weighted by Crippen LogP contribution is 2.32. The van der Waals surface area contributed by atoms with Crippen LogP contribution in [-0.4, -0.2) is 18.1 Å². The maximum Gasteiger partial charge on any atom is 0.573 e. The van der Waals surface area contributed by atoms with Crippen LogP contribution in [0.4, 0.5) is 39.5 Å². The van der Waals surface area contributed by atoms with Crippen molar-refractivity contribution in [2.24, 2.45) is 0 Å². The maximum atomic E-state index is 13.2. The first-order chi connectivity index (χ1) is 16.0. The average molecular weight is 540 g/mol. The Kier molecular flexibility index (Phi) is 15.8. The monoisotopic (exact) mass is 540 g/mol. The second-order valence-corrected chi connectivity index (χ2v) is 7.03. The Morgan fingerprint density at radius 2 is 1.03 bits per heavy atom. The van der Waals surface area contributed by atoms with Crippen LogP contribution < -0.4 is 9.47 Å². The summed E-state index contributed by atoms with van der Waals surface area (Å²) in [6, 6.07) is 2.76. The lowest BCUT2D eigenvalue weighted by Gasteiger charge is -2.23. The van der Waals surface area contributed by atoms with Crippen LogP contribution in [0.1, 0.15) is 52.2 Å². The van der Waals surface area contributed by atoms with E-state index < -0.39 is 47.1 Å². The molecule has 12 heteroatoms. The van der Waals surface area contributed by atoms with E-state index in [1.807, 2.05) is 27.7 Å². The van der Waals surface area contributed by atoms with Gasteiger partial charge in [0.05, 0.1) is 0 Å². The standard InChI is InChI=1S/C11H13F4OP.C8H5F5O.2C2H6/c1-3-10(11(14,15)17)16-7-4-8(12)6(2)9(13)5-7;1-4-6(9)2-5(3-7(4)10)14-8(11,12)13;2*1-2/h4-5,10H,3,17H2,1-2H3;2-3H,1H3;2*1-2H3. The molecular weight excluding hydrogens is 510 g/mol. The Morgan fingerprint density at radius 1 is 0.714 bits per heavy atom.